The lowest BCUT2D eigenvalue weighted by atomic mass is 9.88. The Labute approximate surface area is 127 Å². The number of rotatable bonds is 6. The van der Waals surface area contributed by atoms with E-state index < -0.39 is 0 Å². The standard InChI is InChI=1S/C17H26N2O2/c1-12(2)8-9-19-17(20)11-21-14-7-6-13-4-3-5-16(18)15(13)10-14/h6-7,10,12,16H,3-5,8-9,11,18H2,1-2H3,(H,19,20)/t16-/m1/s1. The summed E-state index contributed by atoms with van der Waals surface area (Å²) in [6, 6.07) is 6.08. The molecule has 0 aromatic heterocycles. The van der Waals surface area contributed by atoms with Gasteiger partial charge in [0.25, 0.3) is 5.91 Å². The third kappa shape index (κ3) is 4.74. The first-order valence-corrected chi connectivity index (χ1v) is 7.84. The Morgan fingerprint density at radius 3 is 3.05 bits per heavy atom. The highest BCUT2D eigenvalue weighted by Gasteiger charge is 2.17. The molecular formula is C17H26N2O2. The number of amides is 1. The van der Waals surface area contributed by atoms with E-state index in [0.29, 0.717) is 12.5 Å². The smallest absolute Gasteiger partial charge is 0.257 e. The van der Waals surface area contributed by atoms with Gasteiger partial charge in [0.05, 0.1) is 0 Å². The molecule has 1 aromatic rings. The van der Waals surface area contributed by atoms with E-state index in [4.69, 9.17) is 10.5 Å². The fourth-order valence-corrected chi connectivity index (χ4v) is 2.60. The summed E-state index contributed by atoms with van der Waals surface area (Å²) in [7, 11) is 0. The Bertz CT molecular complexity index is 486. The molecule has 4 heteroatoms. The molecule has 0 saturated heterocycles. The molecule has 0 spiro atoms. The highest BCUT2D eigenvalue weighted by Crippen LogP contribution is 2.30. The average molecular weight is 290 g/mol. The van der Waals surface area contributed by atoms with Gasteiger partial charge in [0, 0.05) is 12.6 Å². The van der Waals surface area contributed by atoms with E-state index in [-0.39, 0.29) is 18.6 Å². The molecule has 0 bridgehead atoms. The molecule has 0 heterocycles. The van der Waals surface area contributed by atoms with E-state index in [1.807, 2.05) is 12.1 Å². The molecule has 4 nitrogen and oxygen atoms in total. The first kappa shape index (κ1) is 15.8. The minimum Gasteiger partial charge on any atom is -0.484 e. The van der Waals surface area contributed by atoms with Gasteiger partial charge in [0.15, 0.2) is 6.61 Å². The number of nitrogens with two attached hydrogens (primary N) is 1. The highest BCUT2D eigenvalue weighted by molar-refractivity contribution is 5.77. The van der Waals surface area contributed by atoms with Crippen LogP contribution in [0.4, 0.5) is 0 Å². The number of carbonyl (C=O) groups excluding carboxylic acids is 1. The van der Waals surface area contributed by atoms with Crippen molar-refractivity contribution >= 4 is 5.91 Å². The zero-order valence-electron chi connectivity index (χ0n) is 13.0. The van der Waals surface area contributed by atoms with Crippen LogP contribution < -0.4 is 15.8 Å². The predicted molar refractivity (Wildman–Crippen MR) is 84.3 cm³/mol. The molecule has 1 aliphatic rings. The normalized spacial score (nSPS) is 17.4. The minimum atomic E-state index is -0.0716. The summed E-state index contributed by atoms with van der Waals surface area (Å²) < 4.78 is 5.57. The number of hydrogen-bond donors (Lipinski definition) is 2. The maximum atomic E-state index is 11.7. The van der Waals surface area contributed by atoms with Gasteiger partial charge in [-0.1, -0.05) is 19.9 Å². The molecule has 1 atom stereocenters. The minimum absolute atomic E-state index is 0.0616. The van der Waals surface area contributed by atoms with Gasteiger partial charge >= 0.3 is 0 Å². The van der Waals surface area contributed by atoms with Crippen molar-refractivity contribution in [3.05, 3.63) is 29.3 Å². The van der Waals surface area contributed by atoms with Crippen LogP contribution in [0, 0.1) is 5.92 Å². The Morgan fingerprint density at radius 1 is 1.48 bits per heavy atom. The number of nitrogens with one attached hydrogen (secondary N) is 1. The van der Waals surface area contributed by atoms with Gasteiger partial charge in [-0.05, 0) is 54.9 Å². The lowest BCUT2D eigenvalue weighted by Crippen LogP contribution is -2.30. The summed E-state index contributed by atoms with van der Waals surface area (Å²) >= 11 is 0. The van der Waals surface area contributed by atoms with Gasteiger partial charge in [-0.25, -0.2) is 0 Å². The summed E-state index contributed by atoms with van der Waals surface area (Å²) in [5.41, 5.74) is 8.60. The van der Waals surface area contributed by atoms with Gasteiger partial charge in [-0.15, -0.1) is 0 Å². The SMILES string of the molecule is CC(C)CCNC(=O)COc1ccc2c(c1)[C@H](N)CCC2. The lowest BCUT2D eigenvalue weighted by Gasteiger charge is -2.22. The fourth-order valence-electron chi connectivity index (χ4n) is 2.60. The summed E-state index contributed by atoms with van der Waals surface area (Å²) in [4.78, 5) is 11.7. The summed E-state index contributed by atoms with van der Waals surface area (Å²) in [6.07, 6.45) is 4.23. The molecule has 1 amide bonds. The number of ether oxygens (including phenoxy) is 1. The molecule has 1 aliphatic carbocycles. The number of benzene rings is 1. The van der Waals surface area contributed by atoms with Crippen LogP contribution in [-0.2, 0) is 11.2 Å². The Morgan fingerprint density at radius 2 is 2.29 bits per heavy atom. The van der Waals surface area contributed by atoms with Crippen LogP contribution in [0.15, 0.2) is 18.2 Å². The molecule has 1 aromatic carbocycles. The highest BCUT2D eigenvalue weighted by atomic mass is 16.5. The molecule has 0 radical (unpaired) electrons. The van der Waals surface area contributed by atoms with E-state index >= 15 is 0 Å². The monoisotopic (exact) mass is 290 g/mol. The van der Waals surface area contributed by atoms with Gasteiger partial charge < -0.3 is 15.8 Å². The molecule has 0 fully saturated rings. The first-order chi connectivity index (χ1) is 10.1. The number of carbonyl (C=O) groups is 1. The molecule has 116 valence electrons. The van der Waals surface area contributed by atoms with E-state index in [1.165, 1.54) is 11.1 Å². The molecule has 0 unspecified atom stereocenters. The van der Waals surface area contributed by atoms with Crippen LogP contribution in [0.3, 0.4) is 0 Å². The number of hydrogen-bond acceptors (Lipinski definition) is 3. The predicted octanol–water partition coefficient (Wildman–Crippen LogP) is 2.56. The van der Waals surface area contributed by atoms with Crippen molar-refractivity contribution in [3.63, 3.8) is 0 Å². The average Bonchev–Trinajstić information content (AvgIpc) is 2.45. The second-order valence-electron chi connectivity index (χ2n) is 6.18. The molecule has 0 aliphatic heterocycles. The summed E-state index contributed by atoms with van der Waals surface area (Å²) in [5, 5.41) is 2.87. The van der Waals surface area contributed by atoms with Crippen LogP contribution in [0.25, 0.3) is 0 Å². The second-order valence-corrected chi connectivity index (χ2v) is 6.18. The van der Waals surface area contributed by atoms with E-state index in [0.717, 1.165) is 31.4 Å². The Balaban J connectivity index is 1.83. The van der Waals surface area contributed by atoms with E-state index in [1.54, 1.807) is 0 Å². The van der Waals surface area contributed by atoms with Crippen LogP contribution in [0.5, 0.6) is 5.75 Å². The third-order valence-corrected chi connectivity index (χ3v) is 3.89. The maximum absolute atomic E-state index is 11.7. The van der Waals surface area contributed by atoms with Crippen LogP contribution in [0.2, 0.25) is 0 Å². The Kier molecular flexibility index (Phi) is 5.62. The van der Waals surface area contributed by atoms with Crippen LogP contribution in [-0.4, -0.2) is 19.1 Å². The van der Waals surface area contributed by atoms with Crippen molar-refractivity contribution < 1.29 is 9.53 Å². The van der Waals surface area contributed by atoms with Crippen molar-refractivity contribution in [2.45, 2.75) is 45.6 Å². The molecule has 0 saturated carbocycles. The van der Waals surface area contributed by atoms with Crippen molar-refractivity contribution in [1.82, 2.24) is 5.32 Å². The molecule has 2 rings (SSSR count). The largest absolute Gasteiger partial charge is 0.484 e. The lowest BCUT2D eigenvalue weighted by molar-refractivity contribution is -0.123. The number of aryl methyl sites for hydroxylation is 1. The van der Waals surface area contributed by atoms with Gasteiger partial charge in [-0.3, -0.25) is 4.79 Å². The van der Waals surface area contributed by atoms with Crippen molar-refractivity contribution in [2.75, 3.05) is 13.2 Å². The topological polar surface area (TPSA) is 64.3 Å². The second kappa shape index (κ2) is 7.46. The molecule has 3 N–H and O–H groups in total. The molecular weight excluding hydrogens is 264 g/mol. The van der Waals surface area contributed by atoms with Gasteiger partial charge in [0.2, 0.25) is 0 Å². The van der Waals surface area contributed by atoms with E-state index in [2.05, 4.69) is 25.2 Å². The summed E-state index contributed by atoms with van der Waals surface area (Å²) in [5.74, 6) is 1.25. The Hall–Kier alpha value is -1.55. The maximum Gasteiger partial charge on any atom is 0.257 e. The summed E-state index contributed by atoms with van der Waals surface area (Å²) in [6.45, 7) is 5.04. The fraction of sp³-hybridized carbons (Fsp3) is 0.588. The van der Waals surface area contributed by atoms with E-state index in [9.17, 15) is 4.79 Å². The zero-order valence-corrected chi connectivity index (χ0v) is 13.0. The van der Waals surface area contributed by atoms with Gasteiger partial charge in [-0.2, -0.15) is 0 Å². The first-order valence-electron chi connectivity index (χ1n) is 7.84. The van der Waals surface area contributed by atoms with Crippen molar-refractivity contribution in [2.24, 2.45) is 11.7 Å². The van der Waals surface area contributed by atoms with Gasteiger partial charge in [0.1, 0.15) is 5.75 Å². The third-order valence-electron chi connectivity index (χ3n) is 3.89. The van der Waals surface area contributed by atoms with Crippen molar-refractivity contribution in [1.29, 1.82) is 0 Å². The molecule has 21 heavy (non-hydrogen) atoms. The van der Waals surface area contributed by atoms with Crippen molar-refractivity contribution in [3.8, 4) is 5.75 Å². The quantitative estimate of drug-likeness (QED) is 0.846. The van der Waals surface area contributed by atoms with Crippen LogP contribution in [0.1, 0.15) is 50.3 Å². The zero-order chi connectivity index (χ0) is 15.2. The number of fused-ring (bicyclic) bond motifs is 1. The van der Waals surface area contributed by atoms with Crippen LogP contribution >= 0.6 is 0 Å².